The van der Waals surface area contributed by atoms with Gasteiger partial charge in [-0.2, -0.15) is 0 Å². The Balaban J connectivity index is 1.82. The number of rotatable bonds is 2. The molecule has 1 aromatic heterocycles. The van der Waals surface area contributed by atoms with Crippen LogP contribution in [0.4, 0.5) is 0 Å². The number of carbonyl (C=O) groups is 1. The first kappa shape index (κ1) is 15.7. The summed E-state index contributed by atoms with van der Waals surface area (Å²) in [7, 11) is 0. The van der Waals surface area contributed by atoms with Gasteiger partial charge in [-0.25, -0.2) is 4.98 Å². The van der Waals surface area contributed by atoms with Crippen molar-refractivity contribution in [1.29, 1.82) is 0 Å². The Labute approximate surface area is 135 Å². The van der Waals surface area contributed by atoms with Crippen molar-refractivity contribution >= 4 is 16.8 Å². The summed E-state index contributed by atoms with van der Waals surface area (Å²) in [5, 5.41) is 3.54. The summed E-state index contributed by atoms with van der Waals surface area (Å²) >= 11 is 0. The van der Waals surface area contributed by atoms with Gasteiger partial charge in [-0.05, 0) is 42.7 Å². The first-order chi connectivity index (χ1) is 10.8. The fourth-order valence-electron chi connectivity index (χ4n) is 3.90. The van der Waals surface area contributed by atoms with Crippen LogP contribution in [0.5, 0.6) is 0 Å². The van der Waals surface area contributed by atoms with E-state index < -0.39 is 0 Å². The predicted octanol–water partition coefficient (Wildman–Crippen LogP) is 2.87. The monoisotopic (exact) mass is 313 g/mol. The van der Waals surface area contributed by atoms with Gasteiger partial charge in [-0.3, -0.25) is 9.59 Å². The van der Waals surface area contributed by atoms with E-state index in [0.29, 0.717) is 16.8 Å². The lowest BCUT2D eigenvalue weighted by molar-refractivity contribution is 0.0864. The lowest BCUT2D eigenvalue weighted by Gasteiger charge is -2.39. The summed E-state index contributed by atoms with van der Waals surface area (Å²) in [5.74, 6) is 0.361. The molecule has 1 saturated carbocycles. The standard InChI is InChI=1S/C18H23N3O2/c1-11-8-12(10-18(2,3)9-11)19-17(23)15-20-14-7-5-4-6-13(14)16(22)21-15/h4-7,11-12H,8-10H2,1-3H3,(H,19,23)(H,20,21,22). The zero-order valence-electron chi connectivity index (χ0n) is 13.8. The number of aromatic amines is 1. The number of nitrogens with one attached hydrogen (secondary N) is 2. The Kier molecular flexibility index (Phi) is 3.96. The maximum absolute atomic E-state index is 12.5. The third kappa shape index (κ3) is 3.44. The molecule has 3 rings (SSSR count). The molecule has 0 saturated heterocycles. The van der Waals surface area contributed by atoms with E-state index in [4.69, 9.17) is 0 Å². The van der Waals surface area contributed by atoms with Crippen LogP contribution >= 0.6 is 0 Å². The molecule has 1 aliphatic carbocycles. The number of amides is 1. The topological polar surface area (TPSA) is 74.8 Å². The molecule has 0 aliphatic heterocycles. The van der Waals surface area contributed by atoms with Gasteiger partial charge in [-0.1, -0.05) is 32.9 Å². The van der Waals surface area contributed by atoms with E-state index in [1.807, 2.05) is 6.07 Å². The van der Waals surface area contributed by atoms with Crippen LogP contribution in [0.25, 0.3) is 10.9 Å². The molecule has 0 bridgehead atoms. The molecule has 2 atom stereocenters. The van der Waals surface area contributed by atoms with Crippen LogP contribution in [0, 0.1) is 11.3 Å². The number of aromatic nitrogens is 2. The van der Waals surface area contributed by atoms with Crippen molar-refractivity contribution in [1.82, 2.24) is 15.3 Å². The molecule has 1 aliphatic rings. The van der Waals surface area contributed by atoms with E-state index in [9.17, 15) is 9.59 Å². The Bertz CT molecular complexity index is 794. The van der Waals surface area contributed by atoms with E-state index in [2.05, 4.69) is 36.1 Å². The molecule has 1 aromatic carbocycles. The fraction of sp³-hybridized carbons (Fsp3) is 0.500. The maximum atomic E-state index is 12.5. The van der Waals surface area contributed by atoms with E-state index in [1.54, 1.807) is 18.2 Å². The molecule has 5 nitrogen and oxygen atoms in total. The molecule has 23 heavy (non-hydrogen) atoms. The van der Waals surface area contributed by atoms with Crippen LogP contribution in [0.15, 0.2) is 29.1 Å². The van der Waals surface area contributed by atoms with Gasteiger partial charge in [0.15, 0.2) is 5.82 Å². The first-order valence-corrected chi connectivity index (χ1v) is 8.14. The molecule has 2 aromatic rings. The second kappa shape index (κ2) is 5.80. The first-order valence-electron chi connectivity index (χ1n) is 8.14. The zero-order valence-corrected chi connectivity index (χ0v) is 13.8. The molecule has 2 N–H and O–H groups in total. The Morgan fingerprint density at radius 3 is 2.78 bits per heavy atom. The van der Waals surface area contributed by atoms with E-state index in [1.165, 1.54) is 6.42 Å². The normalized spacial score (nSPS) is 23.6. The van der Waals surface area contributed by atoms with Gasteiger partial charge >= 0.3 is 0 Å². The number of carbonyl (C=O) groups excluding carboxylic acids is 1. The van der Waals surface area contributed by atoms with Crippen LogP contribution < -0.4 is 10.9 Å². The van der Waals surface area contributed by atoms with Gasteiger partial charge in [0, 0.05) is 6.04 Å². The number of para-hydroxylation sites is 1. The minimum Gasteiger partial charge on any atom is -0.347 e. The second-order valence-electron chi connectivity index (χ2n) is 7.52. The lowest BCUT2D eigenvalue weighted by atomic mass is 9.70. The fourth-order valence-corrected chi connectivity index (χ4v) is 3.90. The summed E-state index contributed by atoms with van der Waals surface area (Å²) in [6.45, 7) is 6.69. The molecule has 122 valence electrons. The molecule has 1 fully saturated rings. The summed E-state index contributed by atoms with van der Waals surface area (Å²) < 4.78 is 0. The van der Waals surface area contributed by atoms with Crippen LogP contribution in [0.1, 0.15) is 50.7 Å². The average Bonchev–Trinajstić information content (AvgIpc) is 2.45. The quantitative estimate of drug-likeness (QED) is 0.895. The summed E-state index contributed by atoms with van der Waals surface area (Å²) in [5.41, 5.74) is 0.483. The molecule has 0 radical (unpaired) electrons. The van der Waals surface area contributed by atoms with Crippen molar-refractivity contribution < 1.29 is 4.79 Å². The van der Waals surface area contributed by atoms with Crippen molar-refractivity contribution in [2.75, 3.05) is 0 Å². The molecular weight excluding hydrogens is 290 g/mol. The molecule has 2 unspecified atom stereocenters. The van der Waals surface area contributed by atoms with Crippen molar-refractivity contribution in [3.8, 4) is 0 Å². The minimum atomic E-state index is -0.303. The summed E-state index contributed by atoms with van der Waals surface area (Å²) in [6, 6.07) is 7.16. The lowest BCUT2D eigenvalue weighted by Crippen LogP contribution is -2.43. The maximum Gasteiger partial charge on any atom is 0.287 e. The van der Waals surface area contributed by atoms with E-state index in [-0.39, 0.29) is 28.7 Å². The number of H-pyrrole nitrogens is 1. The van der Waals surface area contributed by atoms with Gasteiger partial charge in [0.25, 0.3) is 11.5 Å². The number of nitrogens with zero attached hydrogens (tertiary/aromatic N) is 1. The summed E-state index contributed by atoms with van der Waals surface area (Å²) in [4.78, 5) is 31.4. The van der Waals surface area contributed by atoms with Crippen molar-refractivity contribution in [3.05, 3.63) is 40.4 Å². The zero-order chi connectivity index (χ0) is 16.6. The number of hydrogen-bond donors (Lipinski definition) is 2. The Morgan fingerprint density at radius 1 is 1.30 bits per heavy atom. The highest BCUT2D eigenvalue weighted by atomic mass is 16.2. The van der Waals surface area contributed by atoms with Gasteiger partial charge in [-0.15, -0.1) is 0 Å². The molecular formula is C18H23N3O2. The van der Waals surface area contributed by atoms with Gasteiger partial charge in [0.2, 0.25) is 0 Å². The molecule has 1 amide bonds. The molecule has 5 heteroatoms. The number of fused-ring (bicyclic) bond motifs is 1. The van der Waals surface area contributed by atoms with Gasteiger partial charge in [0.05, 0.1) is 10.9 Å². The minimum absolute atomic E-state index is 0.0877. The van der Waals surface area contributed by atoms with Crippen molar-refractivity contribution in [2.24, 2.45) is 11.3 Å². The second-order valence-corrected chi connectivity index (χ2v) is 7.52. The van der Waals surface area contributed by atoms with Crippen LogP contribution in [0.3, 0.4) is 0 Å². The van der Waals surface area contributed by atoms with Crippen molar-refractivity contribution in [2.45, 2.75) is 46.1 Å². The highest BCUT2D eigenvalue weighted by Crippen LogP contribution is 2.38. The highest BCUT2D eigenvalue weighted by molar-refractivity contribution is 5.92. The summed E-state index contributed by atoms with van der Waals surface area (Å²) in [6.07, 6.45) is 3.08. The third-order valence-corrected chi connectivity index (χ3v) is 4.55. The van der Waals surface area contributed by atoms with E-state index >= 15 is 0 Å². The van der Waals surface area contributed by atoms with Crippen LogP contribution in [0.2, 0.25) is 0 Å². The molecule has 1 heterocycles. The van der Waals surface area contributed by atoms with Crippen LogP contribution in [-0.2, 0) is 0 Å². The average molecular weight is 313 g/mol. The van der Waals surface area contributed by atoms with E-state index in [0.717, 1.165) is 12.8 Å². The third-order valence-electron chi connectivity index (χ3n) is 4.55. The Hall–Kier alpha value is -2.17. The van der Waals surface area contributed by atoms with Gasteiger partial charge in [0.1, 0.15) is 0 Å². The highest BCUT2D eigenvalue weighted by Gasteiger charge is 2.33. The predicted molar refractivity (Wildman–Crippen MR) is 90.4 cm³/mol. The molecule has 0 spiro atoms. The van der Waals surface area contributed by atoms with Crippen molar-refractivity contribution in [3.63, 3.8) is 0 Å². The SMILES string of the molecule is CC1CC(NC(=O)c2nc3ccccc3c(=O)[nH]2)CC(C)(C)C1. The van der Waals surface area contributed by atoms with Crippen LogP contribution in [-0.4, -0.2) is 21.9 Å². The number of hydrogen-bond acceptors (Lipinski definition) is 3. The smallest absolute Gasteiger partial charge is 0.287 e. The number of benzene rings is 1. The largest absolute Gasteiger partial charge is 0.347 e. The Morgan fingerprint density at radius 2 is 2.04 bits per heavy atom. The van der Waals surface area contributed by atoms with Gasteiger partial charge < -0.3 is 10.3 Å².